The molecule has 1 saturated heterocycles. The van der Waals surface area contributed by atoms with Crippen LogP contribution in [0.4, 0.5) is 0 Å². The summed E-state index contributed by atoms with van der Waals surface area (Å²) in [5.74, 6) is 0.967. The van der Waals surface area contributed by atoms with E-state index < -0.39 is 6.10 Å². The topological polar surface area (TPSA) is 79.8 Å². The lowest BCUT2D eigenvalue weighted by atomic mass is 10.2. The lowest BCUT2D eigenvalue weighted by Crippen LogP contribution is -2.55. The molecule has 3 aromatic rings. The van der Waals surface area contributed by atoms with E-state index in [-0.39, 0.29) is 18.4 Å². The van der Waals surface area contributed by atoms with Gasteiger partial charge in [0.05, 0.1) is 0 Å². The van der Waals surface area contributed by atoms with Crippen LogP contribution in [0.15, 0.2) is 60.8 Å². The van der Waals surface area contributed by atoms with Crippen molar-refractivity contribution >= 4 is 24.0 Å². The van der Waals surface area contributed by atoms with Crippen LogP contribution in [0.1, 0.15) is 10.5 Å². The molecule has 2 aliphatic rings. The number of ether oxygens (including phenoxy) is 2. The average Bonchev–Trinajstić information content (AvgIpc) is 3.24. The van der Waals surface area contributed by atoms with Crippen LogP contribution in [-0.4, -0.2) is 70.1 Å². The molecule has 0 saturated carbocycles. The number of imidazole rings is 1. The normalized spacial score (nSPS) is 17.8. The molecule has 0 bridgehead atoms. The van der Waals surface area contributed by atoms with E-state index in [9.17, 15) is 9.59 Å². The van der Waals surface area contributed by atoms with Gasteiger partial charge in [0, 0.05) is 38.1 Å². The number of fused-ring (bicyclic) bond motifs is 1. The van der Waals surface area contributed by atoms with Gasteiger partial charge in [0.2, 0.25) is 6.10 Å². The van der Waals surface area contributed by atoms with Gasteiger partial charge in [-0.1, -0.05) is 30.3 Å². The summed E-state index contributed by atoms with van der Waals surface area (Å²) in [6.45, 7) is 1.91. The number of nitrogens with zero attached hydrogens (tertiary/aromatic N) is 3. The highest BCUT2D eigenvalue weighted by Gasteiger charge is 2.34. The zero-order valence-corrected chi connectivity index (χ0v) is 18.1. The Hall–Kier alpha value is -3.59. The summed E-state index contributed by atoms with van der Waals surface area (Å²) in [6.07, 6.45) is 0.958. The first-order chi connectivity index (χ1) is 15.6. The van der Waals surface area contributed by atoms with Gasteiger partial charge in [-0.25, -0.2) is 0 Å². The quantitative estimate of drug-likeness (QED) is 0.621. The molecule has 0 aliphatic carbocycles. The minimum Gasteiger partial charge on any atom is -0.485 e. The summed E-state index contributed by atoms with van der Waals surface area (Å²) in [7, 11) is 0. The van der Waals surface area contributed by atoms with E-state index in [1.54, 1.807) is 26.6 Å². The Kier molecular flexibility index (Phi) is 5.40. The highest BCUT2D eigenvalue weighted by molar-refractivity contribution is 7.71. The largest absolute Gasteiger partial charge is 0.485 e. The summed E-state index contributed by atoms with van der Waals surface area (Å²) in [4.78, 5) is 32.6. The van der Waals surface area contributed by atoms with Crippen molar-refractivity contribution in [1.82, 2.24) is 19.4 Å². The molecule has 1 N–H and O–H groups in total. The van der Waals surface area contributed by atoms with E-state index in [0.717, 1.165) is 5.69 Å². The molecule has 9 heteroatoms. The van der Waals surface area contributed by atoms with Crippen molar-refractivity contribution in [3.8, 4) is 17.2 Å². The van der Waals surface area contributed by atoms with Gasteiger partial charge in [-0.2, -0.15) is 0 Å². The van der Waals surface area contributed by atoms with Crippen LogP contribution in [0, 0.1) is 4.77 Å². The molecule has 2 aliphatic heterocycles. The fourth-order valence-corrected chi connectivity index (χ4v) is 4.26. The molecular formula is C23H22N4O4S. The SMILES string of the molecule is O=C(c1c[nH]c(=S)n1-c1ccccc1)N1CCN(C(=O)C2COc3ccccc3O2)CC1. The maximum Gasteiger partial charge on any atom is 0.272 e. The summed E-state index contributed by atoms with van der Waals surface area (Å²) in [6, 6.07) is 16.8. The van der Waals surface area contributed by atoms with Gasteiger partial charge in [0.15, 0.2) is 16.3 Å². The second kappa shape index (κ2) is 8.51. The molecule has 1 atom stereocenters. The lowest BCUT2D eigenvalue weighted by Gasteiger charge is -2.37. The van der Waals surface area contributed by atoms with E-state index >= 15 is 0 Å². The maximum absolute atomic E-state index is 13.2. The smallest absolute Gasteiger partial charge is 0.272 e. The molecule has 32 heavy (non-hydrogen) atoms. The number of piperazine rings is 1. The zero-order chi connectivity index (χ0) is 22.1. The minimum atomic E-state index is -0.681. The summed E-state index contributed by atoms with van der Waals surface area (Å²) >= 11 is 5.39. The number of amides is 2. The Morgan fingerprint density at radius 2 is 1.56 bits per heavy atom. The van der Waals surface area contributed by atoms with E-state index in [1.807, 2.05) is 48.5 Å². The number of benzene rings is 2. The van der Waals surface area contributed by atoms with Crippen molar-refractivity contribution in [1.29, 1.82) is 0 Å². The zero-order valence-electron chi connectivity index (χ0n) is 17.3. The molecule has 0 spiro atoms. The number of rotatable bonds is 3. The number of hydrogen-bond acceptors (Lipinski definition) is 5. The van der Waals surface area contributed by atoms with Crippen LogP contribution in [0.3, 0.4) is 0 Å². The number of para-hydroxylation sites is 3. The van der Waals surface area contributed by atoms with E-state index in [1.165, 1.54) is 0 Å². The monoisotopic (exact) mass is 450 g/mol. The van der Waals surface area contributed by atoms with Crippen LogP contribution in [0.5, 0.6) is 11.5 Å². The van der Waals surface area contributed by atoms with E-state index in [4.69, 9.17) is 21.7 Å². The molecule has 1 aromatic heterocycles. The highest BCUT2D eigenvalue weighted by atomic mass is 32.1. The molecule has 5 rings (SSSR count). The summed E-state index contributed by atoms with van der Waals surface area (Å²) in [5.41, 5.74) is 1.30. The van der Waals surface area contributed by atoms with E-state index in [0.29, 0.717) is 48.1 Å². The fourth-order valence-electron chi connectivity index (χ4n) is 4.00. The number of aromatic amines is 1. The first kappa shape index (κ1) is 20.3. The molecule has 0 radical (unpaired) electrons. The first-order valence-corrected chi connectivity index (χ1v) is 10.8. The Morgan fingerprint density at radius 3 is 2.31 bits per heavy atom. The number of nitrogens with one attached hydrogen (secondary N) is 1. The Labute approximate surface area is 190 Å². The van der Waals surface area contributed by atoms with Crippen molar-refractivity contribution < 1.29 is 19.1 Å². The van der Waals surface area contributed by atoms with Crippen molar-refractivity contribution in [2.24, 2.45) is 0 Å². The van der Waals surface area contributed by atoms with Gasteiger partial charge in [0.25, 0.3) is 11.8 Å². The van der Waals surface area contributed by atoms with Gasteiger partial charge < -0.3 is 24.3 Å². The highest BCUT2D eigenvalue weighted by Crippen LogP contribution is 2.31. The standard InChI is InChI=1S/C23H22N4O4S/c28-21(17-14-24-23(32)27(17)16-6-2-1-3-7-16)25-10-12-26(13-11-25)22(29)20-15-30-18-8-4-5-9-19(18)31-20/h1-9,14,20H,10-13,15H2,(H,24,32). The molecule has 3 heterocycles. The van der Waals surface area contributed by atoms with Crippen LogP contribution in [0.2, 0.25) is 0 Å². The number of hydrogen-bond donors (Lipinski definition) is 1. The number of aromatic nitrogens is 2. The second-order valence-electron chi connectivity index (χ2n) is 7.63. The summed E-state index contributed by atoms with van der Waals surface area (Å²) < 4.78 is 13.7. The lowest BCUT2D eigenvalue weighted by molar-refractivity contribution is -0.142. The maximum atomic E-state index is 13.2. The van der Waals surface area contributed by atoms with Crippen LogP contribution >= 0.6 is 12.2 Å². The van der Waals surface area contributed by atoms with Gasteiger partial charge in [-0.3, -0.25) is 14.2 Å². The third kappa shape index (κ3) is 3.75. The van der Waals surface area contributed by atoms with Crippen LogP contribution in [0.25, 0.3) is 5.69 Å². The number of H-pyrrole nitrogens is 1. The molecule has 1 unspecified atom stereocenters. The first-order valence-electron chi connectivity index (χ1n) is 10.4. The molecule has 2 amide bonds. The van der Waals surface area contributed by atoms with Crippen molar-refractivity contribution in [3.63, 3.8) is 0 Å². The molecule has 164 valence electrons. The number of carbonyl (C=O) groups excluding carboxylic acids is 2. The van der Waals surface area contributed by atoms with Crippen molar-refractivity contribution in [2.75, 3.05) is 32.8 Å². The van der Waals surface area contributed by atoms with Crippen LogP contribution in [-0.2, 0) is 4.79 Å². The molecular weight excluding hydrogens is 428 g/mol. The van der Waals surface area contributed by atoms with Crippen LogP contribution < -0.4 is 9.47 Å². The Morgan fingerprint density at radius 1 is 0.906 bits per heavy atom. The third-order valence-corrected chi connectivity index (χ3v) is 5.97. The van der Waals surface area contributed by atoms with Crippen molar-refractivity contribution in [2.45, 2.75) is 6.10 Å². The predicted molar refractivity (Wildman–Crippen MR) is 120 cm³/mol. The summed E-state index contributed by atoms with van der Waals surface area (Å²) in [5, 5.41) is 0. The van der Waals surface area contributed by atoms with Crippen molar-refractivity contribution in [3.05, 3.63) is 71.3 Å². The predicted octanol–water partition coefficient (Wildman–Crippen LogP) is 2.66. The molecule has 1 fully saturated rings. The number of carbonyl (C=O) groups is 2. The third-order valence-electron chi connectivity index (χ3n) is 5.67. The Balaban J connectivity index is 1.25. The van der Waals surface area contributed by atoms with Gasteiger partial charge in [-0.05, 0) is 36.5 Å². The fraction of sp³-hybridized carbons (Fsp3) is 0.261. The minimum absolute atomic E-state index is 0.125. The van der Waals surface area contributed by atoms with Gasteiger partial charge in [-0.15, -0.1) is 0 Å². The Bertz CT molecular complexity index is 1200. The van der Waals surface area contributed by atoms with Gasteiger partial charge in [0.1, 0.15) is 12.3 Å². The average molecular weight is 451 g/mol. The van der Waals surface area contributed by atoms with Gasteiger partial charge >= 0.3 is 0 Å². The molecule has 2 aromatic carbocycles. The second-order valence-corrected chi connectivity index (χ2v) is 8.02. The molecule has 8 nitrogen and oxygen atoms in total. The van der Waals surface area contributed by atoms with E-state index in [2.05, 4.69) is 4.98 Å².